The van der Waals surface area contributed by atoms with Crippen molar-refractivity contribution in [2.45, 2.75) is 48.3 Å². The van der Waals surface area contributed by atoms with Crippen molar-refractivity contribution < 1.29 is 28.5 Å². The van der Waals surface area contributed by atoms with Gasteiger partial charge in [-0.2, -0.15) is 0 Å². The van der Waals surface area contributed by atoms with Crippen molar-refractivity contribution in [2.24, 2.45) is 0 Å². The van der Waals surface area contributed by atoms with Gasteiger partial charge in [-0.15, -0.1) is 46.4 Å². The third-order valence-electron chi connectivity index (χ3n) is 2.18. The van der Waals surface area contributed by atoms with Crippen LogP contribution in [-0.2, 0) is 28.5 Å². The third kappa shape index (κ3) is 5.09. The molecule has 0 amide bonds. The Morgan fingerprint density at radius 1 is 1.05 bits per heavy atom. The average molecular weight is 370 g/mol. The summed E-state index contributed by atoms with van der Waals surface area (Å²) in [7, 11) is 0. The van der Waals surface area contributed by atoms with E-state index < -0.39 is 46.4 Å². The number of hydrogen-bond acceptors (Lipinski definition) is 6. The average Bonchev–Trinajstić information content (AvgIpc) is 2.68. The van der Waals surface area contributed by atoms with Crippen LogP contribution in [0.15, 0.2) is 0 Å². The second-order valence-electron chi connectivity index (χ2n) is 3.83. The number of rotatable bonds is 5. The summed E-state index contributed by atoms with van der Waals surface area (Å²) in [6.07, 6.45) is -4.39. The highest BCUT2D eigenvalue weighted by Crippen LogP contribution is 2.32. The summed E-state index contributed by atoms with van der Waals surface area (Å²) in [6.45, 7) is 2.35. The zero-order chi connectivity index (χ0) is 15.4. The van der Waals surface area contributed by atoms with Crippen molar-refractivity contribution in [3.8, 4) is 0 Å². The van der Waals surface area contributed by atoms with Crippen LogP contribution < -0.4 is 0 Å². The van der Waals surface area contributed by atoms with E-state index in [1.165, 1.54) is 13.8 Å². The molecule has 1 saturated heterocycles. The normalized spacial score (nSPS) is 27.7. The van der Waals surface area contributed by atoms with Gasteiger partial charge in [0.15, 0.2) is 12.2 Å². The molecule has 4 unspecified atom stereocenters. The Morgan fingerprint density at radius 3 is 2.05 bits per heavy atom. The number of hydrogen-bond donors (Lipinski definition) is 0. The molecule has 0 aromatic heterocycles. The monoisotopic (exact) mass is 368 g/mol. The molecule has 10 heteroatoms. The summed E-state index contributed by atoms with van der Waals surface area (Å²) < 4.78 is 20.4. The van der Waals surface area contributed by atoms with Crippen molar-refractivity contribution in [2.75, 3.05) is 0 Å². The minimum absolute atomic E-state index is 0.615. The van der Waals surface area contributed by atoms with E-state index in [2.05, 4.69) is 0 Å². The van der Waals surface area contributed by atoms with E-state index in [0.717, 1.165) is 0 Å². The van der Waals surface area contributed by atoms with Crippen LogP contribution in [0.3, 0.4) is 0 Å². The molecule has 6 nitrogen and oxygen atoms in total. The van der Waals surface area contributed by atoms with Crippen LogP contribution in [-0.4, -0.2) is 46.4 Å². The van der Waals surface area contributed by atoms with Gasteiger partial charge < -0.3 is 18.9 Å². The van der Waals surface area contributed by atoms with Crippen molar-refractivity contribution in [1.82, 2.24) is 0 Å². The first-order valence-corrected chi connectivity index (χ1v) is 7.18. The van der Waals surface area contributed by atoms with E-state index in [9.17, 15) is 9.59 Å². The number of carbonyl (C=O) groups excluding carboxylic acids is 2. The molecule has 0 aliphatic carbocycles. The zero-order valence-electron chi connectivity index (χ0n) is 10.4. The first-order valence-electron chi connectivity index (χ1n) is 5.44. The topological polar surface area (TPSA) is 71.1 Å². The molecular formula is C10H12Cl4O6. The van der Waals surface area contributed by atoms with Crippen molar-refractivity contribution >= 4 is 58.3 Å². The summed E-state index contributed by atoms with van der Waals surface area (Å²) >= 11 is 22.8. The highest BCUT2D eigenvalue weighted by Gasteiger charge is 2.47. The maximum Gasteiger partial charge on any atom is 0.305 e. The minimum Gasteiger partial charge on any atom is -0.454 e. The van der Waals surface area contributed by atoms with E-state index in [4.69, 9.17) is 65.4 Å². The first-order chi connectivity index (χ1) is 9.22. The lowest BCUT2D eigenvalue weighted by molar-refractivity contribution is -0.196. The van der Waals surface area contributed by atoms with Gasteiger partial charge in [-0.05, 0) is 0 Å². The van der Waals surface area contributed by atoms with Crippen LogP contribution in [0.5, 0.6) is 0 Å². The lowest BCUT2D eigenvalue weighted by Gasteiger charge is -2.22. The fraction of sp³-hybridized carbons (Fsp3) is 0.800. The molecular weight excluding hydrogens is 358 g/mol. The predicted molar refractivity (Wildman–Crippen MR) is 71.8 cm³/mol. The molecule has 1 heterocycles. The Hall–Kier alpha value is 0.0200. The second-order valence-corrected chi connectivity index (χ2v) is 6.15. The van der Waals surface area contributed by atoms with Gasteiger partial charge in [-0.25, -0.2) is 0 Å². The van der Waals surface area contributed by atoms with Gasteiger partial charge in [0, 0.05) is 13.8 Å². The van der Waals surface area contributed by atoms with E-state index >= 15 is 0 Å². The van der Waals surface area contributed by atoms with E-state index in [-0.39, 0.29) is 0 Å². The maximum absolute atomic E-state index is 11.0. The highest BCUT2D eigenvalue weighted by atomic mass is 35.5. The summed E-state index contributed by atoms with van der Waals surface area (Å²) in [4.78, 5) is 19.8. The molecule has 1 fully saturated rings. The number of alkyl halides is 4. The summed E-state index contributed by atoms with van der Waals surface area (Å²) in [5.41, 5.74) is 0. The summed E-state index contributed by atoms with van der Waals surface area (Å²) in [5, 5.41) is 0. The Labute approximate surface area is 135 Å². The third-order valence-corrected chi connectivity index (χ3v) is 3.17. The van der Waals surface area contributed by atoms with Crippen molar-refractivity contribution in [3.63, 3.8) is 0 Å². The van der Waals surface area contributed by atoms with Crippen molar-refractivity contribution in [1.29, 1.82) is 0 Å². The van der Waals surface area contributed by atoms with Crippen LogP contribution in [0.1, 0.15) is 13.8 Å². The standard InChI is InChI=1S/C10H12Cl4O6/c1-3(15)17-5(7(11)12)10-19-6(8(13)14)9(20-10)18-4(2)16/h5-10H,1-2H3. The van der Waals surface area contributed by atoms with Crippen LogP contribution in [0.2, 0.25) is 0 Å². The fourth-order valence-corrected chi connectivity index (χ4v) is 2.17. The van der Waals surface area contributed by atoms with Gasteiger partial charge >= 0.3 is 11.9 Å². The van der Waals surface area contributed by atoms with E-state index in [0.29, 0.717) is 0 Å². The molecule has 116 valence electrons. The number of ether oxygens (including phenoxy) is 4. The number of carbonyl (C=O) groups is 2. The van der Waals surface area contributed by atoms with Gasteiger partial charge in [-0.1, -0.05) is 0 Å². The van der Waals surface area contributed by atoms with Gasteiger partial charge in [0.2, 0.25) is 12.6 Å². The zero-order valence-corrected chi connectivity index (χ0v) is 13.4. The minimum atomic E-state index is -1.16. The lowest BCUT2D eigenvalue weighted by Crippen LogP contribution is -2.37. The fourth-order valence-electron chi connectivity index (χ4n) is 1.47. The molecule has 0 radical (unpaired) electrons. The quantitative estimate of drug-likeness (QED) is 0.546. The highest BCUT2D eigenvalue weighted by molar-refractivity contribution is 6.45. The van der Waals surface area contributed by atoms with Gasteiger partial charge in [-0.3, -0.25) is 9.59 Å². The van der Waals surface area contributed by atoms with Crippen molar-refractivity contribution in [3.05, 3.63) is 0 Å². The Balaban J connectivity index is 2.81. The molecule has 4 atom stereocenters. The largest absolute Gasteiger partial charge is 0.454 e. The molecule has 0 bridgehead atoms. The van der Waals surface area contributed by atoms with Crippen LogP contribution >= 0.6 is 46.4 Å². The molecule has 0 N–H and O–H groups in total. The molecule has 0 saturated carbocycles. The van der Waals surface area contributed by atoms with Gasteiger partial charge in [0.05, 0.1) is 0 Å². The van der Waals surface area contributed by atoms with E-state index in [1.54, 1.807) is 0 Å². The van der Waals surface area contributed by atoms with Crippen LogP contribution in [0, 0.1) is 0 Å². The second kappa shape index (κ2) is 7.87. The lowest BCUT2D eigenvalue weighted by atomic mass is 10.4. The molecule has 0 spiro atoms. The Morgan fingerprint density at radius 2 is 1.65 bits per heavy atom. The Kier molecular flexibility index (Phi) is 7.11. The molecule has 1 rings (SSSR count). The Bertz CT molecular complexity index is 364. The predicted octanol–water partition coefficient (Wildman–Crippen LogP) is 2.16. The SMILES string of the molecule is CC(=O)OC1OC(C(OC(C)=O)C(Cl)Cl)OC1C(Cl)Cl. The maximum atomic E-state index is 11.0. The van der Waals surface area contributed by atoms with Gasteiger partial charge in [0.25, 0.3) is 0 Å². The first kappa shape index (κ1) is 18.1. The molecule has 0 aromatic rings. The van der Waals surface area contributed by atoms with Crippen LogP contribution in [0.4, 0.5) is 0 Å². The molecule has 0 aromatic carbocycles. The number of halogens is 4. The molecule has 20 heavy (non-hydrogen) atoms. The summed E-state index contributed by atoms with van der Waals surface area (Å²) in [5.74, 6) is -1.25. The summed E-state index contributed by atoms with van der Waals surface area (Å²) in [6, 6.07) is 0. The molecule has 1 aliphatic rings. The smallest absolute Gasteiger partial charge is 0.305 e. The van der Waals surface area contributed by atoms with Gasteiger partial charge in [0.1, 0.15) is 9.67 Å². The van der Waals surface area contributed by atoms with E-state index in [1.807, 2.05) is 0 Å². The van der Waals surface area contributed by atoms with Crippen LogP contribution in [0.25, 0.3) is 0 Å². The molecule has 1 aliphatic heterocycles. The number of esters is 2.